The highest BCUT2D eigenvalue weighted by atomic mass is 32.1. The molecule has 0 aromatic carbocycles. The zero-order valence-corrected chi connectivity index (χ0v) is 10.7. The van der Waals surface area contributed by atoms with Crippen LogP contribution in [0.3, 0.4) is 0 Å². The van der Waals surface area contributed by atoms with E-state index in [4.69, 9.17) is 0 Å². The zero-order valence-electron chi connectivity index (χ0n) is 9.90. The number of nitrogens with zero attached hydrogens (tertiary/aromatic N) is 1. The van der Waals surface area contributed by atoms with Crippen LogP contribution < -0.4 is 5.32 Å². The van der Waals surface area contributed by atoms with Crippen molar-refractivity contribution in [3.05, 3.63) is 51.7 Å². The van der Waals surface area contributed by atoms with E-state index in [1.807, 2.05) is 12.3 Å². The fraction of sp³-hybridized carbons (Fsp3) is 0.308. The molecule has 0 fully saturated rings. The Kier molecular flexibility index (Phi) is 3.86. The van der Waals surface area contributed by atoms with Crippen LogP contribution in [0.15, 0.2) is 29.9 Å². The number of halogens is 1. The number of nitrogens with one attached hydrogen (secondary N) is 1. The van der Waals surface area contributed by atoms with Gasteiger partial charge in [-0.25, -0.2) is 4.39 Å². The quantitative estimate of drug-likeness (QED) is 0.900. The molecule has 17 heavy (non-hydrogen) atoms. The van der Waals surface area contributed by atoms with Gasteiger partial charge >= 0.3 is 0 Å². The molecule has 2 aromatic heterocycles. The van der Waals surface area contributed by atoms with Crippen molar-refractivity contribution < 1.29 is 4.39 Å². The Bertz CT molecular complexity index is 496. The summed E-state index contributed by atoms with van der Waals surface area (Å²) in [6, 6.07) is 3.72. The maximum atomic E-state index is 13.8. The fourth-order valence-electron chi connectivity index (χ4n) is 1.85. The number of rotatable bonds is 4. The number of thiophene rings is 1. The first-order chi connectivity index (χ1) is 8.24. The molecule has 0 saturated carbocycles. The highest BCUT2D eigenvalue weighted by molar-refractivity contribution is 7.10. The lowest BCUT2D eigenvalue weighted by molar-refractivity contribution is 0.557. The van der Waals surface area contributed by atoms with Crippen LogP contribution in [-0.4, -0.2) is 11.5 Å². The Labute approximate surface area is 105 Å². The van der Waals surface area contributed by atoms with E-state index in [1.54, 1.807) is 23.6 Å². The van der Waals surface area contributed by atoms with E-state index in [2.05, 4.69) is 23.3 Å². The van der Waals surface area contributed by atoms with E-state index in [1.165, 1.54) is 11.8 Å². The van der Waals surface area contributed by atoms with Gasteiger partial charge in [0, 0.05) is 16.6 Å². The molecule has 90 valence electrons. The lowest BCUT2D eigenvalue weighted by Gasteiger charge is -2.18. The normalized spacial score (nSPS) is 12.6. The number of hydrogen-bond acceptors (Lipinski definition) is 3. The molecule has 4 heteroatoms. The van der Waals surface area contributed by atoms with Crippen molar-refractivity contribution >= 4 is 11.3 Å². The minimum Gasteiger partial charge on any atom is -0.306 e. The number of aromatic nitrogens is 1. The van der Waals surface area contributed by atoms with E-state index < -0.39 is 0 Å². The lowest BCUT2D eigenvalue weighted by Crippen LogP contribution is -2.22. The number of hydrogen-bond donors (Lipinski definition) is 1. The zero-order chi connectivity index (χ0) is 12.3. The monoisotopic (exact) mass is 250 g/mol. The van der Waals surface area contributed by atoms with Crippen LogP contribution in [0, 0.1) is 12.7 Å². The molecular formula is C13H15FN2S. The first-order valence-corrected chi connectivity index (χ1v) is 6.48. The molecule has 0 aliphatic carbocycles. The summed E-state index contributed by atoms with van der Waals surface area (Å²) in [5, 5.41) is 5.36. The summed E-state index contributed by atoms with van der Waals surface area (Å²) in [5.74, 6) is -0.258. The Morgan fingerprint density at radius 1 is 1.47 bits per heavy atom. The fourth-order valence-corrected chi connectivity index (χ4v) is 2.87. The van der Waals surface area contributed by atoms with Gasteiger partial charge < -0.3 is 5.32 Å². The Hall–Kier alpha value is -1.26. The predicted octanol–water partition coefficient (Wildman–Crippen LogP) is 3.29. The van der Waals surface area contributed by atoms with Gasteiger partial charge in [0.05, 0.1) is 12.2 Å². The number of aryl methyl sites for hydroxylation is 1. The molecule has 1 unspecified atom stereocenters. The summed E-state index contributed by atoms with van der Waals surface area (Å²) in [6.07, 6.45) is 2.90. The van der Waals surface area contributed by atoms with Gasteiger partial charge in [-0.15, -0.1) is 11.3 Å². The van der Waals surface area contributed by atoms with Crippen LogP contribution in [0.2, 0.25) is 0 Å². The van der Waals surface area contributed by atoms with E-state index in [-0.39, 0.29) is 11.9 Å². The standard InChI is InChI=1S/C13H15FN2S/c1-3-16-12(13-9(2)5-7-17-13)10-4-6-15-8-11(10)14/h4-8,12,16H,3H2,1-2H3. The largest absolute Gasteiger partial charge is 0.306 e. The summed E-state index contributed by atoms with van der Waals surface area (Å²) in [7, 11) is 0. The molecule has 1 N–H and O–H groups in total. The molecule has 0 amide bonds. The van der Waals surface area contributed by atoms with Gasteiger partial charge in [0.25, 0.3) is 0 Å². The van der Waals surface area contributed by atoms with Gasteiger partial charge in [-0.1, -0.05) is 6.92 Å². The van der Waals surface area contributed by atoms with Gasteiger partial charge in [0.1, 0.15) is 5.82 Å². The molecular weight excluding hydrogens is 235 g/mol. The topological polar surface area (TPSA) is 24.9 Å². The maximum absolute atomic E-state index is 13.8. The molecule has 0 saturated heterocycles. The van der Waals surface area contributed by atoms with Gasteiger partial charge in [-0.3, -0.25) is 4.98 Å². The smallest absolute Gasteiger partial charge is 0.146 e. The minimum absolute atomic E-state index is 0.0806. The van der Waals surface area contributed by atoms with Gasteiger partial charge in [0.2, 0.25) is 0 Å². The van der Waals surface area contributed by atoms with Crippen LogP contribution in [0.4, 0.5) is 4.39 Å². The van der Waals surface area contributed by atoms with Crippen molar-refractivity contribution in [1.82, 2.24) is 10.3 Å². The second kappa shape index (κ2) is 5.38. The van der Waals surface area contributed by atoms with Crippen molar-refractivity contribution in [2.24, 2.45) is 0 Å². The van der Waals surface area contributed by atoms with Crippen LogP contribution >= 0.6 is 11.3 Å². The van der Waals surface area contributed by atoms with E-state index in [0.29, 0.717) is 5.56 Å². The third kappa shape index (κ3) is 2.53. The highest BCUT2D eigenvalue weighted by Crippen LogP contribution is 2.30. The van der Waals surface area contributed by atoms with Crippen molar-refractivity contribution in [2.75, 3.05) is 6.54 Å². The third-order valence-corrected chi connectivity index (χ3v) is 3.77. The molecule has 2 aromatic rings. The van der Waals surface area contributed by atoms with Crippen LogP contribution in [0.1, 0.15) is 29.0 Å². The van der Waals surface area contributed by atoms with Gasteiger partial charge in [0.15, 0.2) is 0 Å². The average Bonchev–Trinajstić information content (AvgIpc) is 2.74. The molecule has 0 bridgehead atoms. The van der Waals surface area contributed by atoms with Crippen LogP contribution in [0.25, 0.3) is 0 Å². The third-order valence-electron chi connectivity index (χ3n) is 2.69. The first kappa shape index (κ1) is 12.2. The SMILES string of the molecule is CCNC(c1ccncc1F)c1sccc1C. The summed E-state index contributed by atoms with van der Waals surface area (Å²) in [6.45, 7) is 4.87. The van der Waals surface area contributed by atoms with Crippen molar-refractivity contribution in [3.8, 4) is 0 Å². The molecule has 0 aliphatic rings. The highest BCUT2D eigenvalue weighted by Gasteiger charge is 2.19. The summed E-state index contributed by atoms with van der Waals surface area (Å²) in [5.41, 5.74) is 1.85. The minimum atomic E-state index is -0.258. The van der Waals surface area contributed by atoms with Crippen molar-refractivity contribution in [3.63, 3.8) is 0 Å². The summed E-state index contributed by atoms with van der Waals surface area (Å²) >= 11 is 1.65. The van der Waals surface area contributed by atoms with E-state index in [9.17, 15) is 4.39 Å². The predicted molar refractivity (Wildman–Crippen MR) is 68.8 cm³/mol. The second-order valence-electron chi connectivity index (χ2n) is 3.86. The lowest BCUT2D eigenvalue weighted by atomic mass is 10.0. The van der Waals surface area contributed by atoms with Crippen LogP contribution in [-0.2, 0) is 0 Å². The molecule has 1 atom stereocenters. The average molecular weight is 250 g/mol. The van der Waals surface area contributed by atoms with Crippen molar-refractivity contribution in [2.45, 2.75) is 19.9 Å². The molecule has 0 spiro atoms. The van der Waals surface area contributed by atoms with Crippen molar-refractivity contribution in [1.29, 1.82) is 0 Å². The Balaban J connectivity index is 2.43. The van der Waals surface area contributed by atoms with Gasteiger partial charge in [-0.05, 0) is 36.5 Å². The van der Waals surface area contributed by atoms with Gasteiger partial charge in [-0.2, -0.15) is 0 Å². The molecule has 2 heterocycles. The van der Waals surface area contributed by atoms with E-state index >= 15 is 0 Å². The summed E-state index contributed by atoms with van der Waals surface area (Å²) < 4.78 is 13.8. The number of pyridine rings is 1. The molecule has 2 nitrogen and oxygen atoms in total. The Morgan fingerprint density at radius 3 is 2.88 bits per heavy atom. The molecule has 0 radical (unpaired) electrons. The molecule has 0 aliphatic heterocycles. The van der Waals surface area contributed by atoms with Crippen LogP contribution in [0.5, 0.6) is 0 Å². The molecule has 2 rings (SSSR count). The maximum Gasteiger partial charge on any atom is 0.146 e. The second-order valence-corrected chi connectivity index (χ2v) is 4.80. The van der Waals surface area contributed by atoms with E-state index in [0.717, 1.165) is 11.4 Å². The first-order valence-electron chi connectivity index (χ1n) is 5.60. The summed E-state index contributed by atoms with van der Waals surface area (Å²) in [4.78, 5) is 4.96. The Morgan fingerprint density at radius 2 is 2.29 bits per heavy atom.